The third-order valence-corrected chi connectivity index (χ3v) is 6.62. The van der Waals surface area contributed by atoms with Gasteiger partial charge in [0.15, 0.2) is 5.96 Å². The molecule has 1 amide bonds. The number of fused-ring (bicyclic) bond motifs is 2. The predicted octanol–water partition coefficient (Wildman–Crippen LogP) is 3.88. The molecule has 7 nitrogen and oxygen atoms in total. The molecule has 4 rings (SSSR count). The summed E-state index contributed by atoms with van der Waals surface area (Å²) in [6, 6.07) is 16.3. The van der Waals surface area contributed by atoms with Crippen LogP contribution in [0.15, 0.2) is 58.5 Å². The van der Waals surface area contributed by atoms with Crippen LogP contribution in [0.3, 0.4) is 0 Å². The number of carbonyl (C=O) groups is 1. The van der Waals surface area contributed by atoms with Crippen LogP contribution >= 0.6 is 0 Å². The largest absolute Gasteiger partial charge is 0.369 e. The van der Waals surface area contributed by atoms with Crippen LogP contribution in [-0.4, -0.2) is 48.8 Å². The number of nitrogens with one attached hydrogen (secondary N) is 1. The molecule has 2 aliphatic rings. The summed E-state index contributed by atoms with van der Waals surface area (Å²) in [7, 11) is 0. The number of aliphatic imine (C=N–C) groups is 2. The average Bonchev–Trinajstić information content (AvgIpc) is 3.08. The Bertz CT molecular complexity index is 1020. The second-order valence-electron chi connectivity index (χ2n) is 8.97. The van der Waals surface area contributed by atoms with Gasteiger partial charge in [0.25, 0.3) is 0 Å². The van der Waals surface area contributed by atoms with E-state index >= 15 is 0 Å². The minimum atomic E-state index is -0.00917. The van der Waals surface area contributed by atoms with E-state index in [1.807, 2.05) is 47.4 Å². The van der Waals surface area contributed by atoms with Crippen LogP contribution in [0.4, 0.5) is 17.1 Å². The predicted molar refractivity (Wildman–Crippen MR) is 132 cm³/mol. The maximum absolute atomic E-state index is 12.4. The van der Waals surface area contributed by atoms with Crippen molar-refractivity contribution in [3.05, 3.63) is 54.1 Å². The molecule has 1 saturated heterocycles. The molecule has 2 aliphatic heterocycles. The lowest BCUT2D eigenvalue weighted by Crippen LogP contribution is -2.47. The Labute approximate surface area is 190 Å². The zero-order valence-electron chi connectivity index (χ0n) is 19.1. The number of guanidine groups is 1. The summed E-state index contributed by atoms with van der Waals surface area (Å²) in [5.74, 6) is 0.364. The zero-order chi connectivity index (χ0) is 22.7. The summed E-state index contributed by atoms with van der Waals surface area (Å²) in [5, 5.41) is 3.17. The summed E-state index contributed by atoms with van der Waals surface area (Å²) in [4.78, 5) is 25.3. The first-order valence-corrected chi connectivity index (χ1v) is 11.2. The van der Waals surface area contributed by atoms with E-state index in [-0.39, 0.29) is 17.3 Å². The van der Waals surface area contributed by atoms with Crippen molar-refractivity contribution in [3.63, 3.8) is 0 Å². The Morgan fingerprint density at radius 1 is 1.16 bits per heavy atom. The lowest BCUT2D eigenvalue weighted by molar-refractivity contribution is -0.116. The molecule has 3 N–H and O–H groups in total. The molecule has 168 valence electrons. The highest BCUT2D eigenvalue weighted by Crippen LogP contribution is 2.48. The van der Waals surface area contributed by atoms with Gasteiger partial charge < -0.3 is 20.9 Å². The fraction of sp³-hybridized carbons (Fsp3) is 0.400. The molecule has 7 heteroatoms. The maximum Gasteiger partial charge on any atom is 0.223 e. The van der Waals surface area contributed by atoms with Gasteiger partial charge in [-0.05, 0) is 75.7 Å². The number of piperidine rings is 1. The summed E-state index contributed by atoms with van der Waals surface area (Å²) < 4.78 is 0. The first-order valence-electron chi connectivity index (χ1n) is 11.2. The number of rotatable bonds is 4. The van der Waals surface area contributed by atoms with E-state index in [4.69, 9.17) is 5.73 Å². The number of anilines is 2. The number of likely N-dealkylation sites (tertiary alicyclic amines) is 1. The van der Waals surface area contributed by atoms with Crippen molar-refractivity contribution in [2.75, 3.05) is 29.9 Å². The number of para-hydroxylation sites is 1. The van der Waals surface area contributed by atoms with E-state index in [1.165, 1.54) is 11.9 Å². The summed E-state index contributed by atoms with van der Waals surface area (Å²) in [6.07, 6.45) is 3.53. The van der Waals surface area contributed by atoms with Gasteiger partial charge in [-0.3, -0.25) is 4.79 Å². The third-order valence-electron chi connectivity index (χ3n) is 6.62. The number of nitrogens with two attached hydrogens (primary N) is 1. The van der Waals surface area contributed by atoms with Crippen LogP contribution in [-0.2, 0) is 10.2 Å². The maximum atomic E-state index is 12.4. The minimum Gasteiger partial charge on any atom is -0.369 e. The highest BCUT2D eigenvalue weighted by Gasteiger charge is 2.46. The lowest BCUT2D eigenvalue weighted by Gasteiger charge is -2.41. The molecule has 32 heavy (non-hydrogen) atoms. The Kier molecular flexibility index (Phi) is 6.28. The molecule has 0 aromatic heterocycles. The Morgan fingerprint density at radius 3 is 2.53 bits per heavy atom. The topological polar surface area (TPSA) is 86.3 Å². The molecule has 0 unspecified atom stereocenters. The highest BCUT2D eigenvalue weighted by atomic mass is 16.2. The van der Waals surface area contributed by atoms with Gasteiger partial charge in [0.1, 0.15) is 6.34 Å². The van der Waals surface area contributed by atoms with E-state index in [2.05, 4.69) is 40.1 Å². The Balaban J connectivity index is 1.54. The normalized spacial score (nSPS) is 18.5. The van der Waals surface area contributed by atoms with Crippen LogP contribution in [0.25, 0.3) is 0 Å². The molecule has 0 radical (unpaired) electrons. The molecule has 0 atom stereocenters. The molecule has 0 aliphatic carbocycles. The van der Waals surface area contributed by atoms with Crippen molar-refractivity contribution in [3.8, 4) is 0 Å². The van der Waals surface area contributed by atoms with Gasteiger partial charge in [0.05, 0.1) is 5.69 Å². The number of benzene rings is 2. The number of hydrogen-bond donors (Lipinski definition) is 2. The van der Waals surface area contributed by atoms with E-state index in [9.17, 15) is 4.79 Å². The zero-order valence-corrected chi connectivity index (χ0v) is 19.1. The van der Waals surface area contributed by atoms with Crippen LogP contribution in [0.1, 0.15) is 39.2 Å². The molecule has 2 aromatic carbocycles. The van der Waals surface area contributed by atoms with Crippen LogP contribution in [0.5, 0.6) is 0 Å². The van der Waals surface area contributed by atoms with Crippen molar-refractivity contribution in [2.45, 2.75) is 45.1 Å². The summed E-state index contributed by atoms with van der Waals surface area (Å²) in [6.45, 7) is 8.97. The molecular formula is C25H32N6O. The van der Waals surface area contributed by atoms with Gasteiger partial charge in [0.2, 0.25) is 5.91 Å². The Morgan fingerprint density at radius 2 is 1.88 bits per heavy atom. The average molecular weight is 433 g/mol. The number of hydrogen-bond acceptors (Lipinski definition) is 3. The second kappa shape index (κ2) is 9.12. The minimum absolute atomic E-state index is 0.00917. The smallest absolute Gasteiger partial charge is 0.223 e. The molecule has 0 bridgehead atoms. The van der Waals surface area contributed by atoms with Crippen molar-refractivity contribution in [2.24, 2.45) is 15.7 Å². The SMILES string of the molecule is CC(=O)N1CC2(CCN(C(C)C)CC2)c2cc(NC(N)=NC=Nc3ccccc3)ccc21. The van der Waals surface area contributed by atoms with E-state index in [0.717, 1.165) is 49.5 Å². The van der Waals surface area contributed by atoms with Gasteiger partial charge in [-0.15, -0.1) is 0 Å². The van der Waals surface area contributed by atoms with Crippen LogP contribution in [0, 0.1) is 0 Å². The molecule has 1 spiro atoms. The first-order chi connectivity index (χ1) is 15.4. The van der Waals surface area contributed by atoms with E-state index < -0.39 is 0 Å². The van der Waals surface area contributed by atoms with Crippen molar-refractivity contribution in [1.29, 1.82) is 0 Å². The fourth-order valence-corrected chi connectivity index (χ4v) is 4.78. The summed E-state index contributed by atoms with van der Waals surface area (Å²) in [5.41, 5.74) is 10.0. The van der Waals surface area contributed by atoms with Crippen molar-refractivity contribution >= 4 is 35.3 Å². The quantitative estimate of drug-likeness (QED) is 0.567. The van der Waals surface area contributed by atoms with Gasteiger partial charge in [-0.25, -0.2) is 9.98 Å². The van der Waals surface area contributed by atoms with E-state index in [1.54, 1.807) is 6.92 Å². The van der Waals surface area contributed by atoms with Gasteiger partial charge in [0, 0.05) is 36.3 Å². The number of nitrogens with zero attached hydrogens (tertiary/aromatic N) is 4. The fourth-order valence-electron chi connectivity index (χ4n) is 4.78. The highest BCUT2D eigenvalue weighted by molar-refractivity contribution is 5.98. The van der Waals surface area contributed by atoms with Gasteiger partial charge >= 0.3 is 0 Å². The van der Waals surface area contributed by atoms with Gasteiger partial charge in [-0.2, -0.15) is 0 Å². The summed E-state index contributed by atoms with van der Waals surface area (Å²) >= 11 is 0. The van der Waals surface area contributed by atoms with Crippen LogP contribution < -0.4 is 16.0 Å². The van der Waals surface area contributed by atoms with Gasteiger partial charge in [-0.1, -0.05) is 18.2 Å². The Hall–Kier alpha value is -3.19. The monoisotopic (exact) mass is 432 g/mol. The van der Waals surface area contributed by atoms with Crippen molar-refractivity contribution < 1.29 is 4.79 Å². The molecule has 2 heterocycles. The first kappa shape index (κ1) is 22.0. The van der Waals surface area contributed by atoms with E-state index in [0.29, 0.717) is 6.04 Å². The molecule has 0 saturated carbocycles. The standard InChI is InChI=1S/C25H32N6O/c1-18(2)30-13-11-25(12-14-30)16-31(19(3)32)23-10-9-21(15-22(23)25)29-24(26)28-17-27-20-7-5-4-6-8-20/h4-10,15,17-18H,11-14,16H2,1-3H3,(H3,26,27,28,29). The second-order valence-corrected chi connectivity index (χ2v) is 8.97. The van der Waals surface area contributed by atoms with Crippen molar-refractivity contribution in [1.82, 2.24) is 4.90 Å². The number of carbonyl (C=O) groups excluding carboxylic acids is 1. The molecule has 1 fully saturated rings. The van der Waals surface area contributed by atoms with Crippen LogP contribution in [0.2, 0.25) is 0 Å². The lowest BCUT2D eigenvalue weighted by atomic mass is 9.74. The third kappa shape index (κ3) is 4.53. The number of amides is 1. The molecular weight excluding hydrogens is 400 g/mol. The molecule has 2 aromatic rings.